The second-order valence-electron chi connectivity index (χ2n) is 2.41. The minimum atomic E-state index is 0.465. The molecule has 2 rings (SSSR count). The zero-order valence-electron chi connectivity index (χ0n) is 5.97. The van der Waals surface area contributed by atoms with Crippen molar-refractivity contribution in [1.29, 1.82) is 0 Å². The Morgan fingerprint density at radius 1 is 1.45 bits per heavy atom. The van der Waals surface area contributed by atoms with E-state index in [1.165, 1.54) is 0 Å². The van der Waals surface area contributed by atoms with Crippen molar-refractivity contribution in [3.05, 3.63) is 29.1 Å². The van der Waals surface area contributed by atoms with Gasteiger partial charge in [0.05, 0.1) is 6.26 Å². The molecule has 2 heterocycles. The van der Waals surface area contributed by atoms with E-state index in [4.69, 9.17) is 16.0 Å². The number of fused-ring (bicyclic) bond motifs is 1. The molecule has 0 unspecified atom stereocenters. The minimum Gasteiger partial charge on any atom is -0.446 e. The first kappa shape index (κ1) is 6.68. The van der Waals surface area contributed by atoms with Gasteiger partial charge in [0.15, 0.2) is 0 Å². The highest BCUT2D eigenvalue weighted by Crippen LogP contribution is 2.19. The molecule has 0 spiro atoms. The number of rotatable bonds is 0. The third-order valence-electron chi connectivity index (χ3n) is 1.60. The van der Waals surface area contributed by atoms with E-state index in [2.05, 4.69) is 4.98 Å². The van der Waals surface area contributed by atoms with E-state index in [1.54, 1.807) is 12.3 Å². The number of hydrogen-bond acceptors (Lipinski definition) is 2. The van der Waals surface area contributed by atoms with Crippen molar-refractivity contribution >= 4 is 22.7 Å². The van der Waals surface area contributed by atoms with Gasteiger partial charge in [0.1, 0.15) is 5.15 Å². The van der Waals surface area contributed by atoms with Crippen LogP contribution in [0.4, 0.5) is 0 Å². The molecule has 0 atom stereocenters. The maximum Gasteiger partial charge on any atom is 0.227 e. The fraction of sp³-hybridized carbons (Fsp3) is 0.125. The topological polar surface area (TPSA) is 26.0 Å². The average molecular weight is 168 g/mol. The van der Waals surface area contributed by atoms with Crippen molar-refractivity contribution in [2.24, 2.45) is 0 Å². The summed E-state index contributed by atoms with van der Waals surface area (Å²) in [6.07, 6.45) is 1.67. The summed E-state index contributed by atoms with van der Waals surface area (Å²) in [4.78, 5) is 4.00. The van der Waals surface area contributed by atoms with Crippen LogP contribution in [0.3, 0.4) is 0 Å². The number of aromatic nitrogens is 1. The Labute approximate surface area is 68.8 Å². The summed E-state index contributed by atoms with van der Waals surface area (Å²) in [5.41, 5.74) is 1.69. The van der Waals surface area contributed by atoms with Crippen molar-refractivity contribution < 1.29 is 4.42 Å². The number of halogens is 1. The fourth-order valence-electron chi connectivity index (χ4n) is 1.02. The normalized spacial score (nSPS) is 10.7. The summed E-state index contributed by atoms with van der Waals surface area (Å²) in [6.45, 7) is 1.97. The van der Waals surface area contributed by atoms with Crippen LogP contribution in [-0.4, -0.2) is 4.98 Å². The van der Waals surface area contributed by atoms with Crippen molar-refractivity contribution in [3.8, 4) is 0 Å². The zero-order chi connectivity index (χ0) is 7.84. The van der Waals surface area contributed by atoms with Gasteiger partial charge in [-0.2, -0.15) is 0 Å². The lowest BCUT2D eigenvalue weighted by Crippen LogP contribution is -1.74. The molecule has 56 valence electrons. The van der Waals surface area contributed by atoms with Crippen LogP contribution in [0.25, 0.3) is 11.1 Å². The first-order valence-electron chi connectivity index (χ1n) is 3.28. The Kier molecular flexibility index (Phi) is 1.36. The van der Waals surface area contributed by atoms with E-state index in [-0.39, 0.29) is 0 Å². The Morgan fingerprint density at radius 3 is 3.09 bits per heavy atom. The van der Waals surface area contributed by atoms with Crippen LogP contribution in [0.1, 0.15) is 5.56 Å². The van der Waals surface area contributed by atoms with E-state index < -0.39 is 0 Å². The average Bonchev–Trinajstić information content (AvgIpc) is 2.32. The van der Waals surface area contributed by atoms with Crippen LogP contribution < -0.4 is 0 Å². The maximum atomic E-state index is 5.66. The number of nitrogens with zero attached hydrogens (tertiary/aromatic N) is 1. The molecule has 0 fully saturated rings. The molecular formula is C8H6ClNO. The van der Waals surface area contributed by atoms with Crippen molar-refractivity contribution in [2.45, 2.75) is 6.92 Å². The van der Waals surface area contributed by atoms with Gasteiger partial charge in [-0.3, -0.25) is 0 Å². The lowest BCUT2D eigenvalue weighted by atomic mass is 10.2. The summed E-state index contributed by atoms with van der Waals surface area (Å²) in [7, 11) is 0. The molecule has 0 saturated heterocycles. The molecule has 2 aromatic rings. The van der Waals surface area contributed by atoms with Crippen LogP contribution in [0.15, 0.2) is 22.8 Å². The summed E-state index contributed by atoms with van der Waals surface area (Å²) in [5.74, 6) is 0. The molecule has 2 nitrogen and oxygen atoms in total. The largest absolute Gasteiger partial charge is 0.446 e. The molecule has 0 saturated carbocycles. The van der Waals surface area contributed by atoms with Gasteiger partial charge >= 0.3 is 0 Å². The lowest BCUT2D eigenvalue weighted by molar-refractivity contribution is 0.601. The number of hydrogen-bond donors (Lipinski definition) is 0. The Morgan fingerprint density at radius 2 is 2.27 bits per heavy atom. The number of aryl methyl sites for hydroxylation is 1. The van der Waals surface area contributed by atoms with Gasteiger partial charge in [-0.15, -0.1) is 0 Å². The molecule has 0 aliphatic carbocycles. The number of pyridine rings is 1. The second kappa shape index (κ2) is 2.24. The highest BCUT2D eigenvalue weighted by molar-refractivity contribution is 6.29. The Hall–Kier alpha value is -1.02. The molecule has 0 amide bonds. The Bertz CT molecular complexity index is 394. The van der Waals surface area contributed by atoms with Crippen LogP contribution in [0, 0.1) is 6.92 Å². The zero-order valence-corrected chi connectivity index (χ0v) is 6.72. The Balaban J connectivity index is 2.86. The molecule has 0 N–H and O–H groups in total. The van der Waals surface area contributed by atoms with Gasteiger partial charge in [-0.25, -0.2) is 4.98 Å². The third-order valence-corrected chi connectivity index (χ3v) is 1.81. The van der Waals surface area contributed by atoms with Gasteiger partial charge in [-0.1, -0.05) is 11.6 Å². The summed E-state index contributed by atoms with van der Waals surface area (Å²) in [6, 6.07) is 3.66. The molecule has 0 aromatic carbocycles. The van der Waals surface area contributed by atoms with E-state index >= 15 is 0 Å². The van der Waals surface area contributed by atoms with Gasteiger partial charge < -0.3 is 4.42 Å². The van der Waals surface area contributed by atoms with Gasteiger partial charge in [0.2, 0.25) is 5.71 Å². The van der Waals surface area contributed by atoms with E-state index in [1.807, 2.05) is 13.0 Å². The third kappa shape index (κ3) is 0.994. The molecule has 2 aromatic heterocycles. The summed E-state index contributed by atoms with van der Waals surface area (Å²) < 4.78 is 5.13. The molecule has 0 aliphatic heterocycles. The van der Waals surface area contributed by atoms with E-state index in [9.17, 15) is 0 Å². The highest BCUT2D eigenvalue weighted by atomic mass is 35.5. The highest BCUT2D eigenvalue weighted by Gasteiger charge is 2.02. The standard InChI is InChI=1S/C8H6ClNO/c1-5-4-11-8-6(5)2-3-7(9)10-8/h2-4H,1H3. The fourth-order valence-corrected chi connectivity index (χ4v) is 1.16. The predicted octanol–water partition coefficient (Wildman–Crippen LogP) is 2.79. The monoisotopic (exact) mass is 167 g/mol. The van der Waals surface area contributed by atoms with Crippen LogP contribution in [-0.2, 0) is 0 Å². The lowest BCUT2D eigenvalue weighted by Gasteiger charge is -1.88. The number of furan rings is 1. The SMILES string of the molecule is Cc1coc2nc(Cl)ccc12. The quantitative estimate of drug-likeness (QED) is 0.564. The van der Waals surface area contributed by atoms with Gasteiger partial charge in [0.25, 0.3) is 0 Å². The van der Waals surface area contributed by atoms with Crippen molar-refractivity contribution in [3.63, 3.8) is 0 Å². The van der Waals surface area contributed by atoms with Crippen LogP contribution in [0.5, 0.6) is 0 Å². The first-order valence-corrected chi connectivity index (χ1v) is 3.65. The molecule has 0 radical (unpaired) electrons. The van der Waals surface area contributed by atoms with Crippen molar-refractivity contribution in [2.75, 3.05) is 0 Å². The van der Waals surface area contributed by atoms with Gasteiger partial charge in [-0.05, 0) is 24.6 Å². The van der Waals surface area contributed by atoms with Crippen molar-refractivity contribution in [1.82, 2.24) is 4.98 Å². The molecule has 0 aliphatic rings. The maximum absolute atomic E-state index is 5.66. The molecule has 11 heavy (non-hydrogen) atoms. The first-order chi connectivity index (χ1) is 5.27. The smallest absolute Gasteiger partial charge is 0.227 e. The second-order valence-corrected chi connectivity index (χ2v) is 2.79. The van der Waals surface area contributed by atoms with Gasteiger partial charge in [0, 0.05) is 5.39 Å². The summed E-state index contributed by atoms with van der Waals surface area (Å²) in [5, 5.41) is 1.49. The van der Waals surface area contributed by atoms with Crippen LogP contribution >= 0.6 is 11.6 Å². The van der Waals surface area contributed by atoms with E-state index in [0.29, 0.717) is 10.9 Å². The summed E-state index contributed by atoms with van der Waals surface area (Å²) >= 11 is 5.66. The van der Waals surface area contributed by atoms with E-state index in [0.717, 1.165) is 10.9 Å². The predicted molar refractivity (Wildman–Crippen MR) is 43.8 cm³/mol. The molecule has 0 bridgehead atoms. The minimum absolute atomic E-state index is 0.465. The molecule has 3 heteroatoms. The molecular weight excluding hydrogens is 162 g/mol. The van der Waals surface area contributed by atoms with Crippen LogP contribution in [0.2, 0.25) is 5.15 Å².